The third-order valence-electron chi connectivity index (χ3n) is 4.66. The Hall–Kier alpha value is -3.50. The van der Waals surface area contributed by atoms with Crippen molar-refractivity contribution in [1.29, 1.82) is 0 Å². The first-order valence-corrected chi connectivity index (χ1v) is 11.1. The van der Waals surface area contributed by atoms with Gasteiger partial charge < -0.3 is 25.0 Å². The Bertz CT molecular complexity index is 1070. The zero-order valence-corrected chi connectivity index (χ0v) is 19.2. The Labute approximate surface area is 195 Å². The summed E-state index contributed by atoms with van der Waals surface area (Å²) in [6, 6.07) is 12.9. The molecule has 0 radical (unpaired) electrons. The third kappa shape index (κ3) is 6.99. The minimum atomic E-state index is -0.382. The van der Waals surface area contributed by atoms with E-state index in [-0.39, 0.29) is 36.3 Å². The van der Waals surface area contributed by atoms with Crippen LogP contribution >= 0.6 is 11.3 Å². The van der Waals surface area contributed by atoms with Gasteiger partial charge in [0.25, 0.3) is 5.91 Å². The third-order valence-corrected chi connectivity index (χ3v) is 5.42. The molecule has 3 rings (SSSR count). The maximum Gasteiger partial charge on any atom is 0.273 e. The van der Waals surface area contributed by atoms with Gasteiger partial charge in [0.15, 0.2) is 5.13 Å². The molecule has 33 heavy (non-hydrogen) atoms. The molecule has 2 amide bonds. The number of aromatic nitrogens is 1. The van der Waals surface area contributed by atoms with Crippen LogP contribution in [0.1, 0.15) is 16.9 Å². The maximum atomic E-state index is 13.0. The van der Waals surface area contributed by atoms with Gasteiger partial charge in [-0.2, -0.15) is 0 Å². The number of ether oxygens (including phenoxy) is 2. The molecule has 0 unspecified atom stereocenters. The van der Waals surface area contributed by atoms with Crippen LogP contribution < -0.4 is 15.4 Å². The fraction of sp³-hybridized carbons (Fsp3) is 0.261. The van der Waals surface area contributed by atoms with Crippen LogP contribution in [0.3, 0.4) is 0 Å². The number of rotatable bonds is 11. The van der Waals surface area contributed by atoms with Gasteiger partial charge >= 0.3 is 0 Å². The average molecular weight is 473 g/mol. The Kier molecular flexibility index (Phi) is 8.73. The molecule has 1 aromatic heterocycles. The van der Waals surface area contributed by atoms with Crippen molar-refractivity contribution < 1.29 is 23.5 Å². The highest BCUT2D eigenvalue weighted by molar-refractivity contribution is 7.14. The summed E-state index contributed by atoms with van der Waals surface area (Å²) in [6.07, 6.45) is 0.0727. The highest BCUT2D eigenvalue weighted by atomic mass is 32.1. The molecule has 3 aromatic rings. The zero-order valence-electron chi connectivity index (χ0n) is 18.3. The van der Waals surface area contributed by atoms with Crippen LogP contribution in [0.25, 0.3) is 0 Å². The summed E-state index contributed by atoms with van der Waals surface area (Å²) < 4.78 is 23.5. The molecule has 2 aromatic carbocycles. The highest BCUT2D eigenvalue weighted by Crippen LogP contribution is 2.28. The molecular formula is C23H25FN4O4S. The van der Waals surface area contributed by atoms with Crippen LogP contribution in [0.2, 0.25) is 0 Å². The number of hydrogen-bond donors (Lipinski definition) is 2. The number of hydrogen-bond acceptors (Lipinski definition) is 7. The molecule has 10 heteroatoms. The van der Waals surface area contributed by atoms with Crippen LogP contribution in [-0.4, -0.2) is 55.6 Å². The summed E-state index contributed by atoms with van der Waals surface area (Å²) in [6.45, 7) is 0.815. The van der Waals surface area contributed by atoms with Crippen molar-refractivity contribution in [3.05, 3.63) is 65.4 Å². The molecule has 174 valence electrons. The summed E-state index contributed by atoms with van der Waals surface area (Å²) in [5.41, 5.74) is 1.50. The molecule has 0 bridgehead atoms. The molecule has 0 spiro atoms. The monoisotopic (exact) mass is 472 g/mol. The molecule has 0 aliphatic heterocycles. The number of halogens is 1. The van der Waals surface area contributed by atoms with E-state index in [9.17, 15) is 14.0 Å². The van der Waals surface area contributed by atoms with E-state index in [1.165, 1.54) is 40.5 Å². The van der Waals surface area contributed by atoms with Gasteiger partial charge in [-0.15, -0.1) is 11.3 Å². The zero-order chi connectivity index (χ0) is 23.6. The molecule has 0 saturated heterocycles. The molecule has 0 fully saturated rings. The summed E-state index contributed by atoms with van der Waals surface area (Å²) in [5, 5.41) is 8.06. The van der Waals surface area contributed by atoms with Gasteiger partial charge in [0, 0.05) is 37.7 Å². The van der Waals surface area contributed by atoms with Gasteiger partial charge in [0.2, 0.25) is 5.91 Å². The van der Waals surface area contributed by atoms with Crippen molar-refractivity contribution in [2.45, 2.75) is 6.42 Å². The summed E-state index contributed by atoms with van der Waals surface area (Å²) >= 11 is 1.29. The van der Waals surface area contributed by atoms with E-state index < -0.39 is 0 Å². The number of anilines is 3. The van der Waals surface area contributed by atoms with E-state index >= 15 is 0 Å². The van der Waals surface area contributed by atoms with Gasteiger partial charge in [0.1, 0.15) is 17.3 Å². The minimum absolute atomic E-state index is 0.0727. The summed E-state index contributed by atoms with van der Waals surface area (Å²) in [5.74, 6) is -0.304. The lowest BCUT2D eigenvalue weighted by Gasteiger charge is -2.21. The van der Waals surface area contributed by atoms with Crippen molar-refractivity contribution >= 4 is 39.7 Å². The smallest absolute Gasteiger partial charge is 0.273 e. The number of amides is 2. The molecule has 1 heterocycles. The Balaban J connectivity index is 1.62. The number of carbonyl (C=O) groups excluding carboxylic acids is 2. The topological polar surface area (TPSA) is 92.8 Å². The van der Waals surface area contributed by atoms with Crippen LogP contribution in [0.5, 0.6) is 5.75 Å². The van der Waals surface area contributed by atoms with Gasteiger partial charge in [-0.05, 0) is 36.4 Å². The first-order chi connectivity index (χ1) is 16.0. The van der Waals surface area contributed by atoms with Gasteiger partial charge in [-0.3, -0.25) is 9.59 Å². The van der Waals surface area contributed by atoms with E-state index in [1.54, 1.807) is 19.6 Å². The lowest BCUT2D eigenvalue weighted by atomic mass is 10.3. The predicted octanol–water partition coefficient (Wildman–Crippen LogP) is 4.15. The average Bonchev–Trinajstić information content (AvgIpc) is 3.29. The van der Waals surface area contributed by atoms with Crippen LogP contribution in [0.15, 0.2) is 53.9 Å². The minimum Gasteiger partial charge on any atom is -0.495 e. The number of thiazole rings is 1. The fourth-order valence-corrected chi connectivity index (χ4v) is 3.66. The first-order valence-electron chi connectivity index (χ1n) is 10.2. The lowest BCUT2D eigenvalue weighted by Crippen LogP contribution is -2.36. The van der Waals surface area contributed by atoms with E-state index in [4.69, 9.17) is 9.47 Å². The van der Waals surface area contributed by atoms with Crippen molar-refractivity contribution in [2.75, 3.05) is 44.5 Å². The van der Waals surface area contributed by atoms with Crippen molar-refractivity contribution in [3.8, 4) is 5.75 Å². The normalized spacial score (nSPS) is 10.5. The van der Waals surface area contributed by atoms with Crippen molar-refractivity contribution in [3.63, 3.8) is 0 Å². The van der Waals surface area contributed by atoms with Crippen LogP contribution in [0, 0.1) is 5.82 Å². The van der Waals surface area contributed by atoms with E-state index in [0.29, 0.717) is 29.7 Å². The van der Waals surface area contributed by atoms with E-state index in [0.717, 1.165) is 5.69 Å². The quantitative estimate of drug-likeness (QED) is 0.436. The molecule has 0 aliphatic carbocycles. The Morgan fingerprint density at radius 1 is 1.09 bits per heavy atom. The SMILES string of the molecule is COCCN(CCC(=O)Nc1ccc(F)cc1)C(=O)c1csc(Nc2ccccc2OC)n1. The van der Waals surface area contributed by atoms with Gasteiger partial charge in [-0.25, -0.2) is 9.37 Å². The number of carbonyl (C=O) groups is 2. The number of para-hydroxylation sites is 2. The van der Waals surface area contributed by atoms with Crippen molar-refractivity contribution in [1.82, 2.24) is 9.88 Å². The summed E-state index contributed by atoms with van der Waals surface area (Å²) in [7, 11) is 3.12. The van der Waals surface area contributed by atoms with Gasteiger partial charge in [-0.1, -0.05) is 12.1 Å². The molecule has 0 saturated carbocycles. The molecule has 0 atom stereocenters. The Morgan fingerprint density at radius 3 is 2.58 bits per heavy atom. The van der Waals surface area contributed by atoms with Crippen molar-refractivity contribution in [2.24, 2.45) is 0 Å². The van der Waals surface area contributed by atoms with Crippen LogP contribution in [-0.2, 0) is 9.53 Å². The second-order valence-electron chi connectivity index (χ2n) is 6.95. The fourth-order valence-electron chi connectivity index (χ4n) is 2.96. The highest BCUT2D eigenvalue weighted by Gasteiger charge is 2.20. The van der Waals surface area contributed by atoms with Crippen LogP contribution in [0.4, 0.5) is 20.9 Å². The summed E-state index contributed by atoms with van der Waals surface area (Å²) in [4.78, 5) is 31.2. The molecular weight excluding hydrogens is 447 g/mol. The number of nitrogens with zero attached hydrogens (tertiary/aromatic N) is 2. The number of nitrogens with one attached hydrogen (secondary N) is 2. The second-order valence-corrected chi connectivity index (χ2v) is 7.81. The lowest BCUT2D eigenvalue weighted by molar-refractivity contribution is -0.116. The second kappa shape index (κ2) is 11.9. The molecule has 2 N–H and O–H groups in total. The standard InChI is InChI=1S/C23H25FN4O4S/c1-31-14-13-28(12-11-21(29)25-17-9-7-16(24)8-10-17)22(30)19-15-33-23(27-19)26-18-5-3-4-6-20(18)32-2/h3-10,15H,11-14H2,1-2H3,(H,25,29)(H,26,27). The van der Waals surface area contributed by atoms with Gasteiger partial charge in [0.05, 0.1) is 19.4 Å². The first kappa shape index (κ1) is 24.1. The largest absolute Gasteiger partial charge is 0.495 e. The number of methoxy groups -OCH3 is 2. The van der Waals surface area contributed by atoms with E-state index in [1.807, 2.05) is 24.3 Å². The maximum absolute atomic E-state index is 13.0. The molecule has 8 nitrogen and oxygen atoms in total. The number of benzene rings is 2. The van der Waals surface area contributed by atoms with E-state index in [2.05, 4.69) is 15.6 Å². The molecule has 0 aliphatic rings. The Morgan fingerprint density at radius 2 is 1.85 bits per heavy atom. The predicted molar refractivity (Wildman–Crippen MR) is 126 cm³/mol.